The van der Waals surface area contributed by atoms with Crippen molar-refractivity contribution in [1.29, 1.82) is 0 Å². The van der Waals surface area contributed by atoms with Gasteiger partial charge in [-0.05, 0) is 62.1 Å². The van der Waals surface area contributed by atoms with Crippen LogP contribution >= 0.6 is 12.9 Å². The van der Waals surface area contributed by atoms with Crippen LogP contribution in [0.3, 0.4) is 0 Å². The minimum atomic E-state index is -0.724. The van der Waals surface area contributed by atoms with Crippen LogP contribution in [0.2, 0.25) is 0 Å². The summed E-state index contributed by atoms with van der Waals surface area (Å²) < 4.78 is 21.2. The van der Waals surface area contributed by atoms with Crippen LogP contribution < -0.4 is 9.47 Å². The Morgan fingerprint density at radius 2 is 1.16 bits per heavy atom. The summed E-state index contributed by atoms with van der Waals surface area (Å²) in [5.74, 6) is 1.39. The molecule has 0 spiro atoms. The van der Waals surface area contributed by atoms with E-state index in [-0.39, 0.29) is 37.9 Å². The van der Waals surface area contributed by atoms with Crippen LogP contribution in [-0.2, 0) is 14.3 Å². The molecule has 7 heteroatoms. The number of aliphatic hydroxyl groups excluding tert-OH is 2. The molecule has 0 aliphatic carbocycles. The van der Waals surface area contributed by atoms with Gasteiger partial charge in [0.1, 0.15) is 36.9 Å². The van der Waals surface area contributed by atoms with E-state index in [1.54, 1.807) is 0 Å². The van der Waals surface area contributed by atoms with Gasteiger partial charge >= 0.3 is 0 Å². The highest BCUT2D eigenvalue weighted by molar-refractivity contribution is 7.75. The molecule has 6 nitrogen and oxygen atoms in total. The third kappa shape index (κ3) is 8.35. The predicted molar refractivity (Wildman–Crippen MR) is 124 cm³/mol. The highest BCUT2D eigenvalue weighted by Gasteiger charge is 2.23. The van der Waals surface area contributed by atoms with E-state index in [0.29, 0.717) is 11.5 Å². The fourth-order valence-electron chi connectivity index (χ4n) is 2.97. The van der Waals surface area contributed by atoms with Crippen molar-refractivity contribution in [3.05, 3.63) is 59.7 Å². The van der Waals surface area contributed by atoms with Crippen LogP contribution in [0.25, 0.3) is 0 Å². The van der Waals surface area contributed by atoms with Crippen molar-refractivity contribution in [2.45, 2.75) is 51.4 Å². The maximum absolute atomic E-state index is 9.93. The largest absolute Gasteiger partial charge is 0.491 e. The summed E-state index contributed by atoms with van der Waals surface area (Å²) >= 11 is 3.62. The number of aliphatic hydroxyl groups is 2. The van der Waals surface area contributed by atoms with Crippen LogP contribution in [0.5, 0.6) is 11.5 Å². The Labute approximate surface area is 190 Å². The molecule has 2 aromatic rings. The van der Waals surface area contributed by atoms with Gasteiger partial charge in [0.25, 0.3) is 0 Å². The Morgan fingerprint density at radius 1 is 0.742 bits per heavy atom. The Hall–Kier alpha value is -1.77. The van der Waals surface area contributed by atoms with Crippen molar-refractivity contribution in [1.82, 2.24) is 0 Å². The standard InChI is InChI=1S/C24H34O6S/c1-17(2)27-13-20(25)14-28-22-9-5-18(6-10-22)24(3,4)19-7-11-23(12-8-19)29-15-21(26)16-30-31/h5-12,17,20-21,25-26,31H,13-16H2,1-4H3. The second kappa shape index (κ2) is 12.3. The molecule has 2 N–H and O–H groups in total. The Balaban J connectivity index is 1.94. The lowest BCUT2D eigenvalue weighted by Crippen LogP contribution is -2.25. The van der Waals surface area contributed by atoms with Gasteiger partial charge in [-0.3, -0.25) is 0 Å². The van der Waals surface area contributed by atoms with Crippen LogP contribution in [0.1, 0.15) is 38.8 Å². The van der Waals surface area contributed by atoms with Crippen LogP contribution in [0, 0.1) is 0 Å². The Kier molecular flexibility index (Phi) is 10.1. The van der Waals surface area contributed by atoms with Gasteiger partial charge in [-0.2, -0.15) is 0 Å². The summed E-state index contributed by atoms with van der Waals surface area (Å²) in [6.07, 6.45) is -1.31. The first kappa shape index (κ1) is 25.5. The van der Waals surface area contributed by atoms with Gasteiger partial charge in [0.05, 0.1) is 19.3 Å². The summed E-state index contributed by atoms with van der Waals surface area (Å²) in [6.45, 7) is 8.86. The number of rotatable bonds is 13. The van der Waals surface area contributed by atoms with Crippen LogP contribution in [-0.4, -0.2) is 55.0 Å². The first-order valence-electron chi connectivity index (χ1n) is 10.4. The number of hydrogen-bond donors (Lipinski definition) is 3. The van der Waals surface area contributed by atoms with Crippen molar-refractivity contribution in [2.75, 3.05) is 26.4 Å². The molecule has 0 heterocycles. The molecule has 0 fully saturated rings. The van der Waals surface area contributed by atoms with Crippen molar-refractivity contribution in [3.8, 4) is 11.5 Å². The molecular weight excluding hydrogens is 416 g/mol. The monoisotopic (exact) mass is 450 g/mol. The third-order valence-corrected chi connectivity index (χ3v) is 5.07. The molecule has 0 saturated carbocycles. The first-order valence-corrected chi connectivity index (χ1v) is 10.8. The summed E-state index contributed by atoms with van der Waals surface area (Å²) in [5.41, 5.74) is 2.05. The van der Waals surface area contributed by atoms with E-state index < -0.39 is 12.2 Å². The molecular formula is C24H34O6S. The topological polar surface area (TPSA) is 77.4 Å². The highest BCUT2D eigenvalue weighted by Crippen LogP contribution is 2.33. The molecule has 0 saturated heterocycles. The number of hydrogen-bond acceptors (Lipinski definition) is 7. The van der Waals surface area contributed by atoms with Gasteiger partial charge in [0.15, 0.2) is 0 Å². The molecule has 0 amide bonds. The van der Waals surface area contributed by atoms with E-state index in [0.717, 1.165) is 11.1 Å². The lowest BCUT2D eigenvalue weighted by Gasteiger charge is -2.26. The zero-order valence-corrected chi connectivity index (χ0v) is 19.5. The molecule has 0 aliphatic rings. The van der Waals surface area contributed by atoms with E-state index in [1.165, 1.54) is 0 Å². The minimum absolute atomic E-state index is 0.0797. The summed E-state index contributed by atoms with van der Waals surface area (Å²) in [4.78, 5) is 0. The maximum Gasteiger partial charge on any atom is 0.119 e. The molecule has 0 radical (unpaired) electrons. The van der Waals surface area contributed by atoms with Crippen molar-refractivity contribution >= 4 is 12.9 Å². The van der Waals surface area contributed by atoms with Gasteiger partial charge in [0, 0.05) is 5.41 Å². The molecule has 172 valence electrons. The molecule has 2 unspecified atom stereocenters. The second-order valence-corrected chi connectivity index (χ2v) is 8.54. The van der Waals surface area contributed by atoms with Gasteiger partial charge < -0.3 is 28.6 Å². The van der Waals surface area contributed by atoms with E-state index >= 15 is 0 Å². The Bertz CT molecular complexity index is 761. The smallest absolute Gasteiger partial charge is 0.119 e. The van der Waals surface area contributed by atoms with Crippen LogP contribution in [0.15, 0.2) is 48.5 Å². The van der Waals surface area contributed by atoms with E-state index in [9.17, 15) is 10.2 Å². The van der Waals surface area contributed by atoms with Crippen molar-refractivity contribution < 1.29 is 28.6 Å². The van der Waals surface area contributed by atoms with Gasteiger partial charge in [-0.1, -0.05) is 38.1 Å². The summed E-state index contributed by atoms with van der Waals surface area (Å²) in [5, 5.41) is 19.6. The van der Waals surface area contributed by atoms with Gasteiger partial charge in [-0.25, -0.2) is 0 Å². The minimum Gasteiger partial charge on any atom is -0.491 e. The highest BCUT2D eigenvalue weighted by atomic mass is 32.1. The average Bonchev–Trinajstić information content (AvgIpc) is 2.75. The molecule has 0 aliphatic heterocycles. The Morgan fingerprint density at radius 3 is 1.55 bits per heavy atom. The molecule has 2 aromatic carbocycles. The molecule has 2 atom stereocenters. The predicted octanol–water partition coefficient (Wildman–Crippen LogP) is 3.78. The zero-order chi connectivity index (χ0) is 22.9. The number of thiol groups is 1. The van der Waals surface area contributed by atoms with E-state index in [1.807, 2.05) is 62.4 Å². The molecule has 0 aromatic heterocycles. The van der Waals surface area contributed by atoms with Crippen molar-refractivity contribution in [3.63, 3.8) is 0 Å². The molecule has 0 bridgehead atoms. The number of ether oxygens (including phenoxy) is 3. The van der Waals surface area contributed by atoms with E-state index in [2.05, 4.69) is 30.9 Å². The van der Waals surface area contributed by atoms with Crippen molar-refractivity contribution in [2.24, 2.45) is 0 Å². The lowest BCUT2D eigenvalue weighted by atomic mass is 9.78. The maximum atomic E-state index is 9.93. The van der Waals surface area contributed by atoms with E-state index in [4.69, 9.17) is 14.2 Å². The lowest BCUT2D eigenvalue weighted by molar-refractivity contribution is -0.0122. The third-order valence-electron chi connectivity index (χ3n) is 4.93. The quantitative estimate of drug-likeness (QED) is 0.319. The first-order chi connectivity index (χ1) is 14.7. The fourth-order valence-corrected chi connectivity index (χ4v) is 3.15. The average molecular weight is 451 g/mol. The SMILES string of the molecule is CC(C)OCC(O)COc1ccc(C(C)(C)c2ccc(OCC(O)COS)cc2)cc1. The normalized spacial score (nSPS) is 13.8. The zero-order valence-electron chi connectivity index (χ0n) is 18.7. The molecule has 2 rings (SSSR count). The number of benzene rings is 2. The molecule has 31 heavy (non-hydrogen) atoms. The van der Waals surface area contributed by atoms with Crippen LogP contribution in [0.4, 0.5) is 0 Å². The summed E-state index contributed by atoms with van der Waals surface area (Å²) in [7, 11) is 0. The fraction of sp³-hybridized carbons (Fsp3) is 0.500. The summed E-state index contributed by atoms with van der Waals surface area (Å²) in [6, 6.07) is 15.7. The van der Waals surface area contributed by atoms with Gasteiger partial charge in [0.2, 0.25) is 0 Å². The van der Waals surface area contributed by atoms with Gasteiger partial charge in [-0.15, -0.1) is 0 Å². The second-order valence-electron chi connectivity index (χ2n) is 8.28.